The van der Waals surface area contributed by atoms with E-state index >= 15 is 0 Å². The van der Waals surface area contributed by atoms with E-state index in [1.54, 1.807) is 19.1 Å². The van der Waals surface area contributed by atoms with Crippen LogP contribution in [0, 0.1) is 25.5 Å². The van der Waals surface area contributed by atoms with Crippen LogP contribution in [0.2, 0.25) is 0 Å². The highest BCUT2D eigenvalue weighted by molar-refractivity contribution is 5.94. The first kappa shape index (κ1) is 21.1. The molecular formula is C23H24F2N2O. The van der Waals surface area contributed by atoms with E-state index in [1.165, 1.54) is 24.3 Å². The van der Waals surface area contributed by atoms with Crippen LogP contribution in [0.4, 0.5) is 14.5 Å². The summed E-state index contributed by atoms with van der Waals surface area (Å²) in [5.74, 6) is -1.02. The summed E-state index contributed by atoms with van der Waals surface area (Å²) in [6.07, 6.45) is 1.22. The molecule has 1 amide bonds. The monoisotopic (exact) mass is 382 g/mol. The zero-order chi connectivity index (χ0) is 20.7. The van der Waals surface area contributed by atoms with Gasteiger partial charge in [-0.05, 0) is 85.3 Å². The van der Waals surface area contributed by atoms with Crippen molar-refractivity contribution in [2.45, 2.75) is 26.7 Å². The number of hydrogen-bond donors (Lipinski definition) is 2. The molecule has 0 bridgehead atoms. The van der Waals surface area contributed by atoms with E-state index in [9.17, 15) is 13.6 Å². The van der Waals surface area contributed by atoms with Gasteiger partial charge in [0.1, 0.15) is 11.6 Å². The lowest BCUT2D eigenvalue weighted by Gasteiger charge is -2.07. The van der Waals surface area contributed by atoms with Gasteiger partial charge in [-0.1, -0.05) is 24.3 Å². The van der Waals surface area contributed by atoms with Gasteiger partial charge in [-0.15, -0.1) is 0 Å². The minimum Gasteiger partial charge on any atom is -0.399 e. The zero-order valence-corrected chi connectivity index (χ0v) is 16.0. The lowest BCUT2D eigenvalue weighted by atomic mass is 9.99. The van der Waals surface area contributed by atoms with Gasteiger partial charge in [0.25, 0.3) is 0 Å². The Morgan fingerprint density at radius 3 is 2.29 bits per heavy atom. The van der Waals surface area contributed by atoms with Crippen LogP contribution in [0.1, 0.15) is 32.6 Å². The summed E-state index contributed by atoms with van der Waals surface area (Å²) in [6, 6.07) is 16.7. The summed E-state index contributed by atoms with van der Waals surface area (Å²) in [4.78, 5) is 11.3. The van der Waals surface area contributed by atoms with E-state index < -0.39 is 5.91 Å². The first-order valence-corrected chi connectivity index (χ1v) is 8.91. The quantitative estimate of drug-likeness (QED) is 0.640. The van der Waals surface area contributed by atoms with Crippen LogP contribution in [0.25, 0.3) is 0 Å². The average molecular weight is 382 g/mol. The lowest BCUT2D eigenvalue weighted by Crippen LogP contribution is -2.14. The molecule has 5 heteroatoms. The molecule has 0 aliphatic carbocycles. The average Bonchev–Trinajstić information content (AvgIpc) is 2.64. The largest absolute Gasteiger partial charge is 0.399 e. The SMILES string of the molecule is Cc1ccc(C)c(F)c1.NC(=O)c1ccc(F)cc1CCc1cccc(N)c1. The van der Waals surface area contributed by atoms with E-state index in [-0.39, 0.29) is 11.6 Å². The van der Waals surface area contributed by atoms with Crippen LogP contribution in [0.3, 0.4) is 0 Å². The van der Waals surface area contributed by atoms with Gasteiger partial charge in [-0.25, -0.2) is 8.78 Å². The van der Waals surface area contributed by atoms with Crippen molar-refractivity contribution in [3.63, 3.8) is 0 Å². The molecular weight excluding hydrogens is 358 g/mol. The van der Waals surface area contributed by atoms with E-state index in [1.807, 2.05) is 31.2 Å². The number of carbonyl (C=O) groups excluding carboxylic acids is 1. The van der Waals surface area contributed by atoms with E-state index in [0.29, 0.717) is 35.2 Å². The molecule has 0 aliphatic heterocycles. The van der Waals surface area contributed by atoms with Gasteiger partial charge in [0.05, 0.1) is 0 Å². The number of halogens is 2. The van der Waals surface area contributed by atoms with Crippen molar-refractivity contribution in [2.75, 3.05) is 5.73 Å². The molecule has 3 nitrogen and oxygen atoms in total. The number of carbonyl (C=O) groups is 1. The standard InChI is InChI=1S/C15H15FN2O.C8H9F/c16-12-6-7-14(15(18)19)11(9-12)5-4-10-2-1-3-13(17)8-10;1-6-3-4-7(2)8(9)5-6/h1-3,6-9H,4-5,17H2,(H2,18,19);3-5H,1-2H3. The first-order valence-electron chi connectivity index (χ1n) is 8.91. The molecule has 0 spiro atoms. The molecule has 0 heterocycles. The predicted octanol–water partition coefficient (Wildman–Crippen LogP) is 4.73. The third-order valence-corrected chi connectivity index (χ3v) is 4.29. The number of primary amides is 1. The predicted molar refractivity (Wildman–Crippen MR) is 109 cm³/mol. The number of anilines is 1. The summed E-state index contributed by atoms with van der Waals surface area (Å²) in [6.45, 7) is 3.64. The third kappa shape index (κ3) is 6.20. The van der Waals surface area contributed by atoms with Gasteiger partial charge < -0.3 is 11.5 Å². The molecule has 0 fully saturated rings. The second-order valence-corrected chi connectivity index (χ2v) is 6.66. The Kier molecular flexibility index (Phi) is 7.27. The topological polar surface area (TPSA) is 69.1 Å². The Balaban J connectivity index is 0.000000261. The molecule has 4 N–H and O–H groups in total. The van der Waals surface area contributed by atoms with Crippen molar-refractivity contribution in [3.05, 3.63) is 100 Å². The fourth-order valence-electron chi connectivity index (χ4n) is 2.74. The van der Waals surface area contributed by atoms with Crippen LogP contribution < -0.4 is 11.5 Å². The van der Waals surface area contributed by atoms with Crippen molar-refractivity contribution in [2.24, 2.45) is 5.73 Å². The molecule has 0 unspecified atom stereocenters. The lowest BCUT2D eigenvalue weighted by molar-refractivity contribution is 0.0999. The molecule has 3 aromatic rings. The Hall–Kier alpha value is -3.21. The molecule has 3 aromatic carbocycles. The van der Waals surface area contributed by atoms with Crippen molar-refractivity contribution in [3.8, 4) is 0 Å². The number of amides is 1. The maximum atomic E-state index is 13.2. The van der Waals surface area contributed by atoms with Crippen molar-refractivity contribution in [1.29, 1.82) is 0 Å². The van der Waals surface area contributed by atoms with Crippen LogP contribution in [-0.2, 0) is 12.8 Å². The second kappa shape index (κ2) is 9.65. The minimum atomic E-state index is -0.539. The number of aryl methyl sites for hydroxylation is 4. The molecule has 146 valence electrons. The fourth-order valence-corrected chi connectivity index (χ4v) is 2.74. The summed E-state index contributed by atoms with van der Waals surface area (Å²) >= 11 is 0. The minimum absolute atomic E-state index is 0.116. The smallest absolute Gasteiger partial charge is 0.248 e. The number of nitrogen functional groups attached to an aromatic ring is 1. The molecule has 0 aliphatic rings. The number of hydrogen-bond acceptors (Lipinski definition) is 2. The van der Waals surface area contributed by atoms with Crippen LogP contribution in [0.5, 0.6) is 0 Å². The third-order valence-electron chi connectivity index (χ3n) is 4.29. The van der Waals surface area contributed by atoms with Crippen molar-refractivity contribution in [1.82, 2.24) is 0 Å². The number of benzene rings is 3. The van der Waals surface area contributed by atoms with Gasteiger partial charge in [-0.3, -0.25) is 4.79 Å². The zero-order valence-electron chi connectivity index (χ0n) is 16.0. The molecule has 0 radical (unpaired) electrons. The molecule has 0 aromatic heterocycles. The molecule has 28 heavy (non-hydrogen) atoms. The Bertz CT molecular complexity index is 971. The number of rotatable bonds is 4. The van der Waals surface area contributed by atoms with Crippen LogP contribution in [-0.4, -0.2) is 5.91 Å². The van der Waals surface area contributed by atoms with Gasteiger partial charge in [-0.2, -0.15) is 0 Å². The molecule has 0 saturated carbocycles. The Morgan fingerprint density at radius 2 is 1.68 bits per heavy atom. The first-order chi connectivity index (χ1) is 13.3. The molecule has 0 atom stereocenters. The summed E-state index contributed by atoms with van der Waals surface area (Å²) in [7, 11) is 0. The maximum absolute atomic E-state index is 13.2. The maximum Gasteiger partial charge on any atom is 0.248 e. The van der Waals surface area contributed by atoms with Gasteiger partial charge >= 0.3 is 0 Å². The molecule has 0 saturated heterocycles. The Morgan fingerprint density at radius 1 is 0.929 bits per heavy atom. The van der Waals surface area contributed by atoms with Gasteiger partial charge in [0.15, 0.2) is 0 Å². The summed E-state index contributed by atoms with van der Waals surface area (Å²) in [5.41, 5.74) is 15.4. The van der Waals surface area contributed by atoms with Crippen LogP contribution >= 0.6 is 0 Å². The van der Waals surface area contributed by atoms with Crippen molar-refractivity contribution < 1.29 is 13.6 Å². The highest BCUT2D eigenvalue weighted by Gasteiger charge is 2.09. The van der Waals surface area contributed by atoms with Gasteiger partial charge in [0.2, 0.25) is 5.91 Å². The number of nitrogens with two attached hydrogens (primary N) is 2. The summed E-state index contributed by atoms with van der Waals surface area (Å²) in [5, 5.41) is 0. The van der Waals surface area contributed by atoms with Gasteiger partial charge in [0, 0.05) is 11.3 Å². The van der Waals surface area contributed by atoms with E-state index in [4.69, 9.17) is 11.5 Å². The highest BCUT2D eigenvalue weighted by atomic mass is 19.1. The van der Waals surface area contributed by atoms with E-state index in [2.05, 4.69) is 0 Å². The Labute approximate surface area is 164 Å². The molecule has 3 rings (SSSR count). The van der Waals surface area contributed by atoms with Crippen LogP contribution in [0.15, 0.2) is 60.7 Å². The highest BCUT2D eigenvalue weighted by Crippen LogP contribution is 2.15. The summed E-state index contributed by atoms with van der Waals surface area (Å²) < 4.78 is 25.8. The fraction of sp³-hybridized carbons (Fsp3) is 0.174. The second-order valence-electron chi connectivity index (χ2n) is 6.66. The van der Waals surface area contributed by atoms with Crippen molar-refractivity contribution >= 4 is 11.6 Å². The normalized spacial score (nSPS) is 10.1. The van der Waals surface area contributed by atoms with E-state index in [0.717, 1.165) is 11.1 Å².